The van der Waals surface area contributed by atoms with Gasteiger partial charge in [-0.2, -0.15) is 0 Å². The standard InChI is InChI=1S/C11H20O2/c1-11(2)7-5-8(11)10(13-4)9(6-7)12-3/h7-10H,5-6H2,1-4H3/t7-,8+,9+,10?/m0/s1. The summed E-state index contributed by atoms with van der Waals surface area (Å²) >= 11 is 0. The molecule has 3 rings (SSSR count). The molecule has 0 aromatic carbocycles. The van der Waals surface area contributed by atoms with Gasteiger partial charge in [0, 0.05) is 14.2 Å². The minimum Gasteiger partial charge on any atom is -0.379 e. The Labute approximate surface area is 80.6 Å². The molecule has 76 valence electrons. The molecule has 2 bridgehead atoms. The van der Waals surface area contributed by atoms with Crippen molar-refractivity contribution < 1.29 is 9.47 Å². The number of ether oxygens (including phenoxy) is 2. The third-order valence-electron chi connectivity index (χ3n) is 4.40. The normalized spacial score (nSPS) is 47.1. The lowest BCUT2D eigenvalue weighted by Crippen LogP contribution is -2.61. The van der Waals surface area contributed by atoms with Crippen LogP contribution in [-0.2, 0) is 9.47 Å². The van der Waals surface area contributed by atoms with Gasteiger partial charge in [0.25, 0.3) is 0 Å². The van der Waals surface area contributed by atoms with Crippen molar-refractivity contribution >= 4 is 0 Å². The lowest BCUT2D eigenvalue weighted by Gasteiger charge is -2.61. The second-order valence-corrected chi connectivity index (χ2v) is 5.07. The van der Waals surface area contributed by atoms with Crippen LogP contribution in [0.25, 0.3) is 0 Å². The zero-order valence-corrected chi connectivity index (χ0v) is 9.04. The van der Waals surface area contributed by atoms with Crippen LogP contribution in [-0.4, -0.2) is 26.4 Å². The summed E-state index contributed by atoms with van der Waals surface area (Å²) in [7, 11) is 3.61. The first kappa shape index (κ1) is 9.47. The van der Waals surface area contributed by atoms with Gasteiger partial charge >= 0.3 is 0 Å². The molecule has 3 saturated carbocycles. The monoisotopic (exact) mass is 184 g/mol. The first-order chi connectivity index (χ1) is 6.11. The molecule has 13 heavy (non-hydrogen) atoms. The van der Waals surface area contributed by atoms with E-state index in [2.05, 4.69) is 13.8 Å². The molecule has 0 aliphatic heterocycles. The Hall–Kier alpha value is -0.0800. The minimum atomic E-state index is 0.324. The van der Waals surface area contributed by atoms with Crippen LogP contribution in [0, 0.1) is 17.3 Å². The maximum Gasteiger partial charge on any atom is 0.0866 e. The van der Waals surface area contributed by atoms with Gasteiger partial charge in [-0.3, -0.25) is 0 Å². The fourth-order valence-electron chi connectivity index (χ4n) is 3.23. The molecule has 2 nitrogen and oxygen atoms in total. The molecule has 0 aromatic heterocycles. The van der Waals surface area contributed by atoms with E-state index < -0.39 is 0 Å². The summed E-state index contributed by atoms with van der Waals surface area (Å²) < 4.78 is 11.0. The Morgan fingerprint density at radius 2 is 1.77 bits per heavy atom. The summed E-state index contributed by atoms with van der Waals surface area (Å²) in [4.78, 5) is 0. The minimum absolute atomic E-state index is 0.324. The predicted molar refractivity (Wildman–Crippen MR) is 51.6 cm³/mol. The second kappa shape index (κ2) is 2.96. The van der Waals surface area contributed by atoms with Crippen molar-refractivity contribution in [3.63, 3.8) is 0 Å². The van der Waals surface area contributed by atoms with Gasteiger partial charge in [0.2, 0.25) is 0 Å². The highest BCUT2D eigenvalue weighted by Crippen LogP contribution is 2.60. The summed E-state index contributed by atoms with van der Waals surface area (Å²) in [5, 5.41) is 0. The fraction of sp³-hybridized carbons (Fsp3) is 1.00. The smallest absolute Gasteiger partial charge is 0.0866 e. The van der Waals surface area contributed by atoms with Gasteiger partial charge in [-0.1, -0.05) is 13.8 Å². The van der Waals surface area contributed by atoms with Crippen molar-refractivity contribution in [1.29, 1.82) is 0 Å². The summed E-state index contributed by atoms with van der Waals surface area (Å²) in [5.74, 6) is 1.56. The summed E-state index contributed by atoms with van der Waals surface area (Å²) in [5.41, 5.74) is 0.482. The van der Waals surface area contributed by atoms with E-state index in [4.69, 9.17) is 9.47 Å². The van der Waals surface area contributed by atoms with Crippen LogP contribution in [0.4, 0.5) is 0 Å². The van der Waals surface area contributed by atoms with E-state index in [1.807, 2.05) is 7.11 Å². The van der Waals surface area contributed by atoms with Crippen LogP contribution in [0.5, 0.6) is 0 Å². The number of hydrogen-bond donors (Lipinski definition) is 0. The largest absolute Gasteiger partial charge is 0.379 e. The molecular weight excluding hydrogens is 164 g/mol. The third-order valence-corrected chi connectivity index (χ3v) is 4.40. The summed E-state index contributed by atoms with van der Waals surface area (Å²) in [6.45, 7) is 4.73. The van der Waals surface area contributed by atoms with E-state index in [1.54, 1.807) is 7.11 Å². The molecule has 3 aliphatic rings. The van der Waals surface area contributed by atoms with Crippen LogP contribution in [0.1, 0.15) is 26.7 Å². The van der Waals surface area contributed by atoms with E-state index in [-0.39, 0.29) is 0 Å². The number of hydrogen-bond acceptors (Lipinski definition) is 2. The highest BCUT2D eigenvalue weighted by Gasteiger charge is 2.58. The van der Waals surface area contributed by atoms with Crippen molar-refractivity contribution in [2.24, 2.45) is 17.3 Å². The molecule has 0 heterocycles. The van der Waals surface area contributed by atoms with E-state index >= 15 is 0 Å². The Balaban J connectivity index is 2.13. The Morgan fingerprint density at radius 1 is 1.08 bits per heavy atom. The maximum absolute atomic E-state index is 5.56. The van der Waals surface area contributed by atoms with Gasteiger partial charge < -0.3 is 9.47 Å². The van der Waals surface area contributed by atoms with Gasteiger partial charge in [-0.15, -0.1) is 0 Å². The molecule has 0 amide bonds. The van der Waals surface area contributed by atoms with Gasteiger partial charge in [0.1, 0.15) is 0 Å². The lowest BCUT2D eigenvalue weighted by molar-refractivity contribution is -0.209. The van der Waals surface area contributed by atoms with Crippen molar-refractivity contribution in [2.45, 2.75) is 38.9 Å². The van der Waals surface area contributed by atoms with Gasteiger partial charge in [0.05, 0.1) is 12.2 Å². The molecule has 3 fully saturated rings. The molecule has 0 radical (unpaired) electrons. The lowest BCUT2D eigenvalue weighted by atomic mass is 9.47. The summed E-state index contributed by atoms with van der Waals surface area (Å²) in [6.07, 6.45) is 3.18. The molecule has 3 aliphatic carbocycles. The number of methoxy groups -OCH3 is 2. The van der Waals surface area contributed by atoms with Crippen LogP contribution in [0.3, 0.4) is 0 Å². The average molecular weight is 184 g/mol. The highest BCUT2D eigenvalue weighted by atomic mass is 16.5. The van der Waals surface area contributed by atoms with E-state index in [9.17, 15) is 0 Å². The van der Waals surface area contributed by atoms with E-state index in [0.717, 1.165) is 5.92 Å². The summed E-state index contributed by atoms with van der Waals surface area (Å²) in [6, 6.07) is 0. The molecule has 0 saturated heterocycles. The second-order valence-electron chi connectivity index (χ2n) is 5.07. The van der Waals surface area contributed by atoms with Crippen molar-refractivity contribution in [3.05, 3.63) is 0 Å². The first-order valence-corrected chi connectivity index (χ1v) is 5.16. The maximum atomic E-state index is 5.56. The number of fused-ring (bicyclic) bond motifs is 2. The van der Waals surface area contributed by atoms with Crippen LogP contribution in [0.15, 0.2) is 0 Å². The molecular formula is C11H20O2. The van der Waals surface area contributed by atoms with Crippen LogP contribution in [0.2, 0.25) is 0 Å². The molecule has 0 N–H and O–H groups in total. The Morgan fingerprint density at radius 3 is 2.23 bits per heavy atom. The topological polar surface area (TPSA) is 18.5 Å². The average Bonchev–Trinajstić information content (AvgIpc) is 2.16. The molecule has 1 unspecified atom stereocenters. The molecule has 2 heteroatoms. The zero-order valence-electron chi connectivity index (χ0n) is 9.04. The van der Waals surface area contributed by atoms with Crippen molar-refractivity contribution in [3.8, 4) is 0 Å². The fourth-order valence-corrected chi connectivity index (χ4v) is 3.23. The quantitative estimate of drug-likeness (QED) is 0.654. The van der Waals surface area contributed by atoms with Crippen molar-refractivity contribution in [2.75, 3.05) is 14.2 Å². The van der Waals surface area contributed by atoms with Crippen LogP contribution >= 0.6 is 0 Å². The Kier molecular flexibility index (Phi) is 2.16. The molecule has 0 spiro atoms. The van der Waals surface area contributed by atoms with E-state index in [1.165, 1.54) is 12.8 Å². The van der Waals surface area contributed by atoms with E-state index in [0.29, 0.717) is 23.5 Å². The number of rotatable bonds is 2. The van der Waals surface area contributed by atoms with Crippen molar-refractivity contribution in [1.82, 2.24) is 0 Å². The predicted octanol–water partition coefficient (Wildman–Crippen LogP) is 2.08. The van der Waals surface area contributed by atoms with Crippen LogP contribution < -0.4 is 0 Å². The Bertz CT molecular complexity index is 200. The zero-order chi connectivity index (χ0) is 9.64. The first-order valence-electron chi connectivity index (χ1n) is 5.16. The van der Waals surface area contributed by atoms with Gasteiger partial charge in [-0.25, -0.2) is 0 Å². The SMILES string of the molecule is COC1[C@H]2C[C@@H](C[C@H]1OC)C2(C)C. The molecule has 4 atom stereocenters. The highest BCUT2D eigenvalue weighted by molar-refractivity contribution is 5.07. The van der Waals surface area contributed by atoms with Gasteiger partial charge in [-0.05, 0) is 30.1 Å². The third kappa shape index (κ3) is 1.15. The van der Waals surface area contributed by atoms with Gasteiger partial charge in [0.15, 0.2) is 0 Å². The molecule has 0 aromatic rings.